The second-order valence-electron chi connectivity index (χ2n) is 8.92. The summed E-state index contributed by atoms with van der Waals surface area (Å²) >= 11 is 0. The van der Waals surface area contributed by atoms with E-state index in [9.17, 15) is 14.7 Å². The minimum Gasteiger partial charge on any atom is -0.490 e. The lowest BCUT2D eigenvalue weighted by atomic mass is 9.88. The minimum atomic E-state index is -0.901. The molecule has 3 N–H and O–H groups in total. The molecule has 1 atom stereocenters. The number of carbonyl (C=O) groups is 2. The zero-order chi connectivity index (χ0) is 23.9. The molecule has 0 bridgehead atoms. The van der Waals surface area contributed by atoms with E-state index in [-0.39, 0.29) is 18.2 Å². The molecule has 1 unspecified atom stereocenters. The number of rotatable bonds is 9. The summed E-state index contributed by atoms with van der Waals surface area (Å²) in [6.45, 7) is 4.23. The first kappa shape index (κ1) is 24.0. The molecule has 1 fully saturated rings. The standard InChI is InChI=1S/C26H33N3O5/c1-33-17-21-5-3-2-4-20(21)16-29-12-13-34-24-14-19(6-7-23(24)29)26(32)28-22(15-25(30)31)18-8-10-27-11-9-18/h2-7,14,18,22,27H,8-13,15-17H2,1H3,(H,28,32)(H,30,31). The predicted molar refractivity (Wildman–Crippen MR) is 129 cm³/mol. The highest BCUT2D eigenvalue weighted by atomic mass is 16.5. The zero-order valence-corrected chi connectivity index (χ0v) is 19.6. The predicted octanol–water partition coefficient (Wildman–Crippen LogP) is 2.80. The van der Waals surface area contributed by atoms with Gasteiger partial charge in [0.05, 0.1) is 25.3 Å². The molecular formula is C26H33N3O5. The van der Waals surface area contributed by atoms with Crippen LogP contribution in [-0.4, -0.2) is 56.4 Å². The number of anilines is 1. The maximum atomic E-state index is 13.1. The van der Waals surface area contributed by atoms with Crippen molar-refractivity contribution in [3.63, 3.8) is 0 Å². The number of fused-ring (bicyclic) bond motifs is 1. The van der Waals surface area contributed by atoms with Crippen molar-refractivity contribution in [2.24, 2.45) is 5.92 Å². The number of carboxylic acid groups (broad SMARTS) is 1. The molecule has 0 saturated carbocycles. The van der Waals surface area contributed by atoms with Crippen molar-refractivity contribution in [2.75, 3.05) is 38.3 Å². The molecular weight excluding hydrogens is 434 g/mol. The minimum absolute atomic E-state index is 0.0769. The van der Waals surface area contributed by atoms with E-state index < -0.39 is 12.0 Å². The van der Waals surface area contributed by atoms with Crippen molar-refractivity contribution in [1.29, 1.82) is 0 Å². The van der Waals surface area contributed by atoms with E-state index in [1.807, 2.05) is 18.2 Å². The Balaban J connectivity index is 1.49. The van der Waals surface area contributed by atoms with Gasteiger partial charge >= 0.3 is 5.97 Å². The Bertz CT molecular complexity index is 1010. The SMILES string of the molecule is COCc1ccccc1CN1CCOc2cc(C(=O)NC(CC(=O)O)C3CCNCC3)ccc21. The van der Waals surface area contributed by atoms with Crippen molar-refractivity contribution in [3.8, 4) is 5.75 Å². The van der Waals surface area contributed by atoms with Crippen LogP contribution in [0.4, 0.5) is 5.69 Å². The summed E-state index contributed by atoms with van der Waals surface area (Å²) in [5.41, 5.74) is 3.76. The van der Waals surface area contributed by atoms with Crippen LogP contribution in [0.15, 0.2) is 42.5 Å². The summed E-state index contributed by atoms with van der Waals surface area (Å²) in [6, 6.07) is 13.3. The van der Waals surface area contributed by atoms with E-state index in [0.29, 0.717) is 24.5 Å². The first-order chi connectivity index (χ1) is 16.5. The highest BCUT2D eigenvalue weighted by molar-refractivity contribution is 5.95. The summed E-state index contributed by atoms with van der Waals surface area (Å²) in [5, 5.41) is 15.6. The van der Waals surface area contributed by atoms with E-state index in [4.69, 9.17) is 9.47 Å². The molecule has 8 nitrogen and oxygen atoms in total. The van der Waals surface area contributed by atoms with Gasteiger partial charge in [0.15, 0.2) is 0 Å². The first-order valence-corrected chi connectivity index (χ1v) is 11.9. The van der Waals surface area contributed by atoms with Gasteiger partial charge in [0, 0.05) is 25.3 Å². The van der Waals surface area contributed by atoms with Gasteiger partial charge in [-0.05, 0) is 61.2 Å². The van der Waals surface area contributed by atoms with E-state index >= 15 is 0 Å². The van der Waals surface area contributed by atoms with Gasteiger partial charge in [-0.2, -0.15) is 0 Å². The normalized spacial score (nSPS) is 16.9. The van der Waals surface area contributed by atoms with Crippen molar-refractivity contribution in [2.45, 2.75) is 38.5 Å². The van der Waals surface area contributed by atoms with Crippen LogP contribution >= 0.6 is 0 Å². The quantitative estimate of drug-likeness (QED) is 0.521. The van der Waals surface area contributed by atoms with Crippen molar-refractivity contribution in [3.05, 3.63) is 59.2 Å². The second-order valence-corrected chi connectivity index (χ2v) is 8.92. The maximum absolute atomic E-state index is 13.1. The number of carboxylic acids is 1. The fourth-order valence-corrected chi connectivity index (χ4v) is 4.82. The number of benzene rings is 2. The van der Waals surface area contributed by atoms with E-state index in [1.54, 1.807) is 19.2 Å². The Labute approximate surface area is 200 Å². The summed E-state index contributed by atoms with van der Waals surface area (Å²) in [5.74, 6) is -0.349. The lowest BCUT2D eigenvalue weighted by Crippen LogP contribution is -2.45. The summed E-state index contributed by atoms with van der Waals surface area (Å²) < 4.78 is 11.2. The van der Waals surface area contributed by atoms with Crippen molar-refractivity contribution >= 4 is 17.6 Å². The summed E-state index contributed by atoms with van der Waals surface area (Å²) in [6.07, 6.45) is 1.63. The van der Waals surface area contributed by atoms with E-state index in [1.165, 1.54) is 5.56 Å². The van der Waals surface area contributed by atoms with Crippen LogP contribution in [0.2, 0.25) is 0 Å². The van der Waals surface area contributed by atoms with Crippen LogP contribution < -0.4 is 20.3 Å². The lowest BCUT2D eigenvalue weighted by Gasteiger charge is -2.32. The Hall–Kier alpha value is -3.10. The molecule has 4 rings (SSSR count). The van der Waals surface area contributed by atoms with Crippen molar-refractivity contribution in [1.82, 2.24) is 10.6 Å². The number of hydrogen-bond donors (Lipinski definition) is 3. The van der Waals surface area contributed by atoms with Gasteiger partial charge in [0.2, 0.25) is 0 Å². The number of nitrogens with one attached hydrogen (secondary N) is 2. The number of methoxy groups -OCH3 is 1. The van der Waals surface area contributed by atoms with Crippen LogP contribution in [0.25, 0.3) is 0 Å². The number of ether oxygens (including phenoxy) is 2. The molecule has 2 heterocycles. The fraction of sp³-hybridized carbons (Fsp3) is 0.462. The Morgan fingerprint density at radius 3 is 2.71 bits per heavy atom. The first-order valence-electron chi connectivity index (χ1n) is 11.9. The lowest BCUT2D eigenvalue weighted by molar-refractivity contribution is -0.137. The van der Waals surface area contributed by atoms with Gasteiger partial charge in [-0.15, -0.1) is 0 Å². The molecule has 0 aliphatic carbocycles. The maximum Gasteiger partial charge on any atom is 0.305 e. The van der Waals surface area contributed by atoms with Crippen LogP contribution in [0.5, 0.6) is 5.75 Å². The Morgan fingerprint density at radius 1 is 1.21 bits per heavy atom. The molecule has 1 amide bonds. The third-order valence-corrected chi connectivity index (χ3v) is 6.62. The zero-order valence-electron chi connectivity index (χ0n) is 19.6. The average molecular weight is 468 g/mol. The topological polar surface area (TPSA) is 100 Å². The highest BCUT2D eigenvalue weighted by Gasteiger charge is 2.28. The molecule has 0 aromatic heterocycles. The van der Waals surface area contributed by atoms with Gasteiger partial charge in [-0.1, -0.05) is 24.3 Å². The average Bonchev–Trinajstić information content (AvgIpc) is 2.85. The molecule has 34 heavy (non-hydrogen) atoms. The molecule has 2 aromatic carbocycles. The highest BCUT2D eigenvalue weighted by Crippen LogP contribution is 2.34. The molecule has 0 spiro atoms. The van der Waals surface area contributed by atoms with Crippen LogP contribution in [0.1, 0.15) is 40.7 Å². The van der Waals surface area contributed by atoms with Crippen LogP contribution in [0.3, 0.4) is 0 Å². The summed E-state index contributed by atoms with van der Waals surface area (Å²) in [4.78, 5) is 26.7. The smallest absolute Gasteiger partial charge is 0.305 e. The number of aliphatic carboxylic acids is 1. The molecule has 8 heteroatoms. The fourth-order valence-electron chi connectivity index (χ4n) is 4.82. The molecule has 2 aromatic rings. The van der Waals surface area contributed by atoms with Gasteiger partial charge in [-0.3, -0.25) is 9.59 Å². The van der Waals surface area contributed by atoms with Crippen LogP contribution in [-0.2, 0) is 22.7 Å². The number of piperidine rings is 1. The summed E-state index contributed by atoms with van der Waals surface area (Å²) in [7, 11) is 1.69. The monoisotopic (exact) mass is 467 g/mol. The number of nitrogens with zero attached hydrogens (tertiary/aromatic N) is 1. The van der Waals surface area contributed by atoms with Gasteiger partial charge in [-0.25, -0.2) is 0 Å². The molecule has 182 valence electrons. The van der Waals surface area contributed by atoms with Gasteiger partial charge in [0.25, 0.3) is 5.91 Å². The third kappa shape index (κ3) is 5.87. The second kappa shape index (κ2) is 11.4. The number of hydrogen-bond acceptors (Lipinski definition) is 6. The largest absolute Gasteiger partial charge is 0.490 e. The Kier molecular flexibility index (Phi) is 8.03. The molecule has 2 aliphatic rings. The van der Waals surface area contributed by atoms with E-state index in [2.05, 4.69) is 27.7 Å². The van der Waals surface area contributed by atoms with E-state index in [0.717, 1.165) is 50.3 Å². The molecule has 1 saturated heterocycles. The Morgan fingerprint density at radius 2 is 1.97 bits per heavy atom. The number of carbonyl (C=O) groups excluding carboxylic acids is 1. The third-order valence-electron chi connectivity index (χ3n) is 6.62. The van der Waals surface area contributed by atoms with Crippen molar-refractivity contribution < 1.29 is 24.2 Å². The van der Waals surface area contributed by atoms with Gasteiger partial charge in [0.1, 0.15) is 12.4 Å². The number of amides is 1. The molecule has 2 aliphatic heterocycles. The molecule has 0 radical (unpaired) electrons. The van der Waals surface area contributed by atoms with Gasteiger partial charge < -0.3 is 30.1 Å². The van der Waals surface area contributed by atoms with Crippen LogP contribution in [0, 0.1) is 5.92 Å².